The number of benzene rings is 1. The minimum Gasteiger partial charge on any atom is -0.360 e. The Bertz CT molecular complexity index is 702. The van der Waals surface area contributed by atoms with Crippen LogP contribution < -0.4 is 10.6 Å². The number of anilines is 2. The summed E-state index contributed by atoms with van der Waals surface area (Å²) < 4.78 is 4.83. The van der Waals surface area contributed by atoms with Crippen LogP contribution in [0, 0.1) is 20.8 Å². The lowest BCUT2D eigenvalue weighted by atomic mass is 10.1. The summed E-state index contributed by atoms with van der Waals surface area (Å²) in [6.45, 7) is 5.46. The molecular weight excluding hydrogens is 306 g/mol. The number of halogens is 1. The highest BCUT2D eigenvalue weighted by atomic mass is 35.5. The van der Waals surface area contributed by atoms with Crippen LogP contribution in [-0.2, 0) is 9.59 Å². The van der Waals surface area contributed by atoms with E-state index in [2.05, 4.69) is 15.8 Å². The first kappa shape index (κ1) is 16.0. The largest absolute Gasteiger partial charge is 0.360 e. The van der Waals surface area contributed by atoms with Crippen LogP contribution in [0.5, 0.6) is 0 Å². The first-order valence-electron chi connectivity index (χ1n) is 6.65. The maximum Gasteiger partial charge on any atom is 0.235 e. The van der Waals surface area contributed by atoms with Crippen LogP contribution in [0.4, 0.5) is 11.5 Å². The van der Waals surface area contributed by atoms with Crippen molar-refractivity contribution in [2.24, 2.45) is 0 Å². The predicted octanol–water partition coefficient (Wildman–Crippen LogP) is 3.22. The van der Waals surface area contributed by atoms with Crippen molar-refractivity contribution in [2.75, 3.05) is 10.6 Å². The summed E-state index contributed by atoms with van der Waals surface area (Å²) in [5, 5.41) is 9.20. The second-order valence-corrected chi connectivity index (χ2v) is 5.44. The van der Waals surface area contributed by atoms with Gasteiger partial charge in [-0.05, 0) is 38.0 Å². The zero-order chi connectivity index (χ0) is 16.3. The van der Waals surface area contributed by atoms with Crippen molar-refractivity contribution in [3.05, 3.63) is 40.1 Å². The highest BCUT2D eigenvalue weighted by Gasteiger charge is 2.14. The number of nitrogens with zero attached hydrogens (tertiary/aromatic N) is 1. The van der Waals surface area contributed by atoms with Crippen molar-refractivity contribution in [1.82, 2.24) is 5.16 Å². The topological polar surface area (TPSA) is 84.2 Å². The fraction of sp³-hybridized carbons (Fsp3) is 0.267. The van der Waals surface area contributed by atoms with Crippen LogP contribution in [0.3, 0.4) is 0 Å². The van der Waals surface area contributed by atoms with Gasteiger partial charge in [0.2, 0.25) is 11.8 Å². The zero-order valence-corrected chi connectivity index (χ0v) is 13.2. The Labute approximate surface area is 132 Å². The number of rotatable bonds is 4. The Balaban J connectivity index is 1.97. The van der Waals surface area contributed by atoms with Crippen molar-refractivity contribution in [2.45, 2.75) is 27.2 Å². The van der Waals surface area contributed by atoms with Crippen molar-refractivity contribution in [3.8, 4) is 0 Å². The third-order valence-corrected chi connectivity index (χ3v) is 3.21. The van der Waals surface area contributed by atoms with Crippen LogP contribution in [0.15, 0.2) is 22.7 Å². The third kappa shape index (κ3) is 4.08. The number of amides is 2. The van der Waals surface area contributed by atoms with Gasteiger partial charge in [0.15, 0.2) is 5.82 Å². The Morgan fingerprint density at radius 2 is 1.82 bits per heavy atom. The van der Waals surface area contributed by atoms with E-state index in [0.29, 0.717) is 16.5 Å². The zero-order valence-electron chi connectivity index (χ0n) is 12.5. The molecule has 0 atom stereocenters. The lowest BCUT2D eigenvalue weighted by Crippen LogP contribution is -2.22. The summed E-state index contributed by atoms with van der Waals surface area (Å²) in [7, 11) is 0. The Morgan fingerprint density at radius 3 is 2.41 bits per heavy atom. The average Bonchev–Trinajstić information content (AvgIpc) is 2.79. The van der Waals surface area contributed by atoms with Gasteiger partial charge in [-0.1, -0.05) is 22.8 Å². The number of nitrogens with one attached hydrogen (secondary N) is 2. The van der Waals surface area contributed by atoms with E-state index >= 15 is 0 Å². The fourth-order valence-electron chi connectivity index (χ4n) is 2.02. The van der Waals surface area contributed by atoms with Gasteiger partial charge in [0.05, 0.1) is 10.7 Å². The van der Waals surface area contributed by atoms with E-state index < -0.39 is 11.8 Å². The molecule has 6 nitrogen and oxygen atoms in total. The van der Waals surface area contributed by atoms with Gasteiger partial charge in [-0.3, -0.25) is 9.59 Å². The van der Waals surface area contributed by atoms with E-state index in [-0.39, 0.29) is 12.2 Å². The van der Waals surface area contributed by atoms with Gasteiger partial charge in [-0.15, -0.1) is 0 Å². The molecule has 1 aromatic heterocycles. The maximum absolute atomic E-state index is 11.9. The quantitative estimate of drug-likeness (QED) is 0.847. The summed E-state index contributed by atoms with van der Waals surface area (Å²) in [5.41, 5.74) is 2.35. The Hall–Kier alpha value is -2.34. The number of aromatic nitrogens is 1. The number of carbonyl (C=O) groups excluding carboxylic acids is 2. The van der Waals surface area contributed by atoms with Gasteiger partial charge in [0.1, 0.15) is 12.2 Å². The molecule has 0 aliphatic heterocycles. The molecule has 2 rings (SSSR count). The lowest BCUT2D eigenvalue weighted by Gasteiger charge is -2.11. The Morgan fingerprint density at radius 1 is 1.14 bits per heavy atom. The van der Waals surface area contributed by atoms with E-state index in [0.717, 1.165) is 11.1 Å². The SMILES string of the molecule is Cc1cc(C)c(NC(=O)CC(=O)Nc2cc(C)on2)c(Cl)c1. The number of carbonyl (C=O) groups is 2. The summed E-state index contributed by atoms with van der Waals surface area (Å²) in [4.78, 5) is 23.7. The normalized spacial score (nSPS) is 10.4. The third-order valence-electron chi connectivity index (χ3n) is 2.91. The smallest absolute Gasteiger partial charge is 0.235 e. The first-order chi connectivity index (χ1) is 10.3. The molecular formula is C15H16ClN3O3. The van der Waals surface area contributed by atoms with E-state index in [1.54, 1.807) is 19.1 Å². The minimum absolute atomic E-state index is 0.278. The molecule has 0 unspecified atom stereocenters. The Kier molecular flexibility index (Phi) is 4.82. The second kappa shape index (κ2) is 6.62. The van der Waals surface area contributed by atoms with Gasteiger partial charge in [-0.2, -0.15) is 0 Å². The van der Waals surface area contributed by atoms with Crippen LogP contribution in [0.2, 0.25) is 5.02 Å². The highest BCUT2D eigenvalue weighted by Crippen LogP contribution is 2.27. The van der Waals surface area contributed by atoms with E-state index in [1.165, 1.54) is 0 Å². The molecule has 0 saturated carbocycles. The molecule has 0 spiro atoms. The fourth-order valence-corrected chi connectivity index (χ4v) is 2.38. The molecule has 1 heterocycles. The molecule has 0 bridgehead atoms. The molecule has 1 aromatic carbocycles. The summed E-state index contributed by atoms with van der Waals surface area (Å²) in [6, 6.07) is 5.22. The van der Waals surface area contributed by atoms with Crippen molar-refractivity contribution < 1.29 is 14.1 Å². The van der Waals surface area contributed by atoms with Crippen molar-refractivity contribution in [3.63, 3.8) is 0 Å². The second-order valence-electron chi connectivity index (χ2n) is 5.03. The minimum atomic E-state index is -0.480. The summed E-state index contributed by atoms with van der Waals surface area (Å²) in [6.07, 6.45) is -0.338. The van der Waals surface area contributed by atoms with Crippen LogP contribution in [-0.4, -0.2) is 17.0 Å². The molecule has 0 aliphatic carbocycles. The monoisotopic (exact) mass is 321 g/mol. The molecule has 2 aromatic rings. The van der Waals surface area contributed by atoms with E-state index in [9.17, 15) is 9.59 Å². The van der Waals surface area contributed by atoms with Crippen LogP contribution in [0.25, 0.3) is 0 Å². The highest BCUT2D eigenvalue weighted by molar-refractivity contribution is 6.34. The van der Waals surface area contributed by atoms with Crippen molar-refractivity contribution >= 4 is 34.9 Å². The molecule has 0 saturated heterocycles. The van der Waals surface area contributed by atoms with Gasteiger partial charge >= 0.3 is 0 Å². The molecule has 0 radical (unpaired) electrons. The molecule has 0 fully saturated rings. The number of hydrogen-bond donors (Lipinski definition) is 2. The average molecular weight is 322 g/mol. The van der Waals surface area contributed by atoms with Gasteiger partial charge < -0.3 is 15.2 Å². The van der Waals surface area contributed by atoms with Crippen LogP contribution in [0.1, 0.15) is 23.3 Å². The molecule has 2 amide bonds. The van der Waals surface area contributed by atoms with E-state index in [1.807, 2.05) is 19.9 Å². The molecule has 116 valence electrons. The van der Waals surface area contributed by atoms with Gasteiger partial charge in [0.25, 0.3) is 0 Å². The van der Waals surface area contributed by atoms with Gasteiger partial charge in [-0.25, -0.2) is 0 Å². The van der Waals surface area contributed by atoms with E-state index in [4.69, 9.17) is 16.1 Å². The first-order valence-corrected chi connectivity index (χ1v) is 7.02. The lowest BCUT2D eigenvalue weighted by molar-refractivity contribution is -0.123. The maximum atomic E-state index is 11.9. The predicted molar refractivity (Wildman–Crippen MR) is 84.0 cm³/mol. The summed E-state index contributed by atoms with van der Waals surface area (Å²) in [5.74, 6) is -0.0834. The molecule has 0 aliphatic rings. The standard InChI is InChI=1S/C15H16ClN3O3/c1-8-4-9(2)15(11(16)5-8)18-14(21)7-13(20)17-12-6-10(3)22-19-12/h4-6H,7H2,1-3H3,(H,18,21)(H,17,19,20). The van der Waals surface area contributed by atoms with Gasteiger partial charge in [0, 0.05) is 6.07 Å². The molecule has 22 heavy (non-hydrogen) atoms. The number of aryl methyl sites for hydroxylation is 3. The molecule has 7 heteroatoms. The van der Waals surface area contributed by atoms with Crippen LogP contribution >= 0.6 is 11.6 Å². The summed E-state index contributed by atoms with van der Waals surface area (Å²) >= 11 is 6.11. The molecule has 2 N–H and O–H groups in total. The number of hydrogen-bond acceptors (Lipinski definition) is 4. The van der Waals surface area contributed by atoms with Crippen molar-refractivity contribution in [1.29, 1.82) is 0 Å².